The predicted octanol–water partition coefficient (Wildman–Crippen LogP) is 8.34. The minimum absolute atomic E-state index is 0.368. The number of hydrogen-bond donors (Lipinski definition) is 0. The molecule has 0 atom stereocenters. The van der Waals surface area contributed by atoms with E-state index in [-0.39, 0.29) is 5.60 Å². The summed E-state index contributed by atoms with van der Waals surface area (Å²) in [5.41, 5.74) is 3.42. The Bertz CT molecular complexity index is 1110. The summed E-state index contributed by atoms with van der Waals surface area (Å²) in [7, 11) is 0. The second-order valence-electron chi connectivity index (χ2n) is 6.95. The van der Waals surface area contributed by atoms with Crippen LogP contribution in [0.15, 0.2) is 72.8 Å². The second-order valence-corrected chi connectivity index (χ2v) is 6.95. The zero-order valence-electron chi connectivity index (χ0n) is 17.8. The lowest BCUT2D eigenvalue weighted by molar-refractivity contribution is 0.107. The summed E-state index contributed by atoms with van der Waals surface area (Å²) in [6.45, 7) is 12.3. The van der Waals surface area contributed by atoms with Gasteiger partial charge in [0.1, 0.15) is 11.4 Å². The van der Waals surface area contributed by atoms with Crippen molar-refractivity contribution in [3.63, 3.8) is 0 Å². The van der Waals surface area contributed by atoms with Gasteiger partial charge in [0.25, 0.3) is 0 Å². The first kappa shape index (κ1) is 19.9. The van der Waals surface area contributed by atoms with Crippen molar-refractivity contribution in [3.05, 3.63) is 78.4 Å². The van der Waals surface area contributed by atoms with E-state index in [0.29, 0.717) is 0 Å². The normalized spacial score (nSPS) is 13.2. The Morgan fingerprint density at radius 3 is 1.68 bits per heavy atom. The van der Waals surface area contributed by atoms with Crippen molar-refractivity contribution in [2.75, 3.05) is 0 Å². The number of rotatable bonds is 0. The molecule has 4 aromatic carbocycles. The predicted molar refractivity (Wildman–Crippen MR) is 123 cm³/mol. The lowest BCUT2D eigenvalue weighted by Gasteiger charge is -2.37. The van der Waals surface area contributed by atoms with Crippen molar-refractivity contribution in [2.24, 2.45) is 0 Å². The monoisotopic (exact) mass is 370 g/mol. The van der Waals surface area contributed by atoms with Gasteiger partial charge in [-0.05, 0) is 41.5 Å². The van der Waals surface area contributed by atoms with Crippen LogP contribution < -0.4 is 4.74 Å². The first-order valence-electron chi connectivity index (χ1n) is 10.4. The molecule has 0 radical (unpaired) electrons. The fraction of sp³-hybridized carbons (Fsp3) is 0.259. The Kier molecular flexibility index (Phi) is 5.74. The first-order chi connectivity index (χ1) is 13.7. The lowest BCUT2D eigenvalue weighted by Crippen LogP contribution is -2.29. The van der Waals surface area contributed by atoms with E-state index in [2.05, 4.69) is 80.6 Å². The molecular formula is C27H30O. The smallest absolute Gasteiger partial charge is 0.130 e. The highest BCUT2D eigenvalue weighted by Gasteiger charge is 2.35. The van der Waals surface area contributed by atoms with Gasteiger partial charge in [0.2, 0.25) is 0 Å². The van der Waals surface area contributed by atoms with Crippen LogP contribution in [0.2, 0.25) is 0 Å². The van der Waals surface area contributed by atoms with E-state index in [4.69, 9.17) is 4.74 Å². The van der Waals surface area contributed by atoms with Crippen molar-refractivity contribution in [1.82, 2.24) is 0 Å². The van der Waals surface area contributed by atoms with Crippen LogP contribution >= 0.6 is 0 Å². The van der Waals surface area contributed by atoms with Gasteiger partial charge in [-0.25, -0.2) is 0 Å². The molecule has 0 aromatic heterocycles. The molecule has 0 bridgehead atoms. The van der Waals surface area contributed by atoms with Gasteiger partial charge in [-0.3, -0.25) is 0 Å². The van der Waals surface area contributed by atoms with Crippen molar-refractivity contribution < 1.29 is 4.74 Å². The molecule has 5 rings (SSSR count). The zero-order chi connectivity index (χ0) is 20.3. The van der Waals surface area contributed by atoms with E-state index in [1.807, 2.05) is 33.8 Å². The molecule has 1 aliphatic rings. The second kappa shape index (κ2) is 8.06. The number of ether oxygens (including phenoxy) is 1. The summed E-state index contributed by atoms with van der Waals surface area (Å²) < 4.78 is 6.40. The first-order valence-corrected chi connectivity index (χ1v) is 10.4. The summed E-state index contributed by atoms with van der Waals surface area (Å²) >= 11 is 0. The van der Waals surface area contributed by atoms with E-state index in [9.17, 15) is 0 Å². The molecule has 0 saturated carbocycles. The van der Waals surface area contributed by atoms with Crippen LogP contribution in [0.3, 0.4) is 0 Å². The highest BCUT2D eigenvalue weighted by molar-refractivity contribution is 6.17. The SMILES string of the molecule is CC.CC.CC1(C)Oc2ccccc2-c2c1c1ccccc1c1ccccc21. The average Bonchev–Trinajstić information content (AvgIpc) is 2.76. The van der Waals surface area contributed by atoms with Gasteiger partial charge in [0.15, 0.2) is 0 Å². The Labute approximate surface area is 169 Å². The van der Waals surface area contributed by atoms with Crippen LogP contribution in [0.5, 0.6) is 5.75 Å². The third-order valence-corrected chi connectivity index (χ3v) is 5.06. The van der Waals surface area contributed by atoms with Crippen molar-refractivity contribution >= 4 is 21.5 Å². The summed E-state index contributed by atoms with van der Waals surface area (Å²) in [6, 6.07) is 25.8. The number of para-hydroxylation sites is 1. The van der Waals surface area contributed by atoms with Gasteiger partial charge < -0.3 is 4.74 Å². The summed E-state index contributed by atoms with van der Waals surface area (Å²) in [5, 5.41) is 5.18. The third kappa shape index (κ3) is 3.05. The van der Waals surface area contributed by atoms with Gasteiger partial charge in [-0.2, -0.15) is 0 Å². The average molecular weight is 371 g/mol. The number of benzene rings is 4. The maximum Gasteiger partial charge on any atom is 0.130 e. The van der Waals surface area contributed by atoms with Crippen LogP contribution in [-0.4, -0.2) is 0 Å². The van der Waals surface area contributed by atoms with Crippen molar-refractivity contribution in [1.29, 1.82) is 0 Å². The standard InChI is InChI=1S/C23H18O.2C2H6/c1-23(2)22-18-12-6-4-10-16(18)15-9-3-5-11-17(15)21(22)19-13-7-8-14-20(19)24-23;2*1-2/h3-14H,1-2H3;2*1-2H3. The molecule has 28 heavy (non-hydrogen) atoms. The molecule has 4 aromatic rings. The molecule has 0 aliphatic carbocycles. The van der Waals surface area contributed by atoms with E-state index < -0.39 is 0 Å². The highest BCUT2D eigenvalue weighted by Crippen LogP contribution is 2.51. The molecule has 0 spiro atoms. The number of fused-ring (bicyclic) bond motifs is 8. The molecule has 144 valence electrons. The summed E-state index contributed by atoms with van der Waals surface area (Å²) in [4.78, 5) is 0. The minimum atomic E-state index is -0.368. The Morgan fingerprint density at radius 1 is 0.571 bits per heavy atom. The molecule has 0 N–H and O–H groups in total. The maximum absolute atomic E-state index is 6.40. The van der Waals surface area contributed by atoms with E-state index in [1.54, 1.807) is 0 Å². The van der Waals surface area contributed by atoms with Crippen LogP contribution in [0.25, 0.3) is 32.7 Å². The van der Waals surface area contributed by atoms with E-state index in [1.165, 1.54) is 38.2 Å². The highest BCUT2D eigenvalue weighted by atomic mass is 16.5. The summed E-state index contributed by atoms with van der Waals surface area (Å²) in [6.07, 6.45) is 0. The maximum atomic E-state index is 6.40. The van der Waals surface area contributed by atoms with Gasteiger partial charge in [-0.15, -0.1) is 0 Å². The lowest BCUT2D eigenvalue weighted by atomic mass is 9.79. The topological polar surface area (TPSA) is 9.23 Å². The molecular weight excluding hydrogens is 340 g/mol. The van der Waals surface area contributed by atoms with Crippen LogP contribution in [0.1, 0.15) is 47.1 Å². The van der Waals surface area contributed by atoms with Crippen molar-refractivity contribution in [3.8, 4) is 16.9 Å². The Balaban J connectivity index is 0.000000531. The molecule has 0 unspecified atom stereocenters. The molecule has 1 heterocycles. The van der Waals surface area contributed by atoms with Gasteiger partial charge in [0.05, 0.1) is 0 Å². The molecule has 0 amide bonds. The quantitative estimate of drug-likeness (QED) is 0.283. The fourth-order valence-corrected chi connectivity index (χ4v) is 4.13. The Morgan fingerprint density at radius 2 is 1.04 bits per heavy atom. The van der Waals surface area contributed by atoms with Gasteiger partial charge in [0, 0.05) is 16.7 Å². The number of hydrogen-bond acceptors (Lipinski definition) is 1. The molecule has 1 nitrogen and oxygen atoms in total. The third-order valence-electron chi connectivity index (χ3n) is 5.06. The van der Waals surface area contributed by atoms with Crippen LogP contribution in [-0.2, 0) is 5.60 Å². The summed E-state index contributed by atoms with van der Waals surface area (Å²) in [5.74, 6) is 0.968. The van der Waals surface area contributed by atoms with E-state index in [0.717, 1.165) is 5.75 Å². The largest absolute Gasteiger partial charge is 0.482 e. The van der Waals surface area contributed by atoms with Gasteiger partial charge in [-0.1, -0.05) is 94.4 Å². The van der Waals surface area contributed by atoms with Crippen LogP contribution in [0.4, 0.5) is 0 Å². The Hall–Kier alpha value is -2.80. The molecule has 0 fully saturated rings. The van der Waals surface area contributed by atoms with E-state index >= 15 is 0 Å². The molecule has 1 heteroatoms. The van der Waals surface area contributed by atoms with Gasteiger partial charge >= 0.3 is 0 Å². The fourth-order valence-electron chi connectivity index (χ4n) is 4.13. The van der Waals surface area contributed by atoms with Crippen molar-refractivity contribution in [2.45, 2.75) is 47.1 Å². The van der Waals surface area contributed by atoms with Crippen LogP contribution in [0, 0.1) is 0 Å². The molecule has 0 saturated heterocycles. The minimum Gasteiger partial charge on any atom is -0.482 e. The molecule has 1 aliphatic heterocycles. The zero-order valence-corrected chi connectivity index (χ0v) is 17.8.